The van der Waals surface area contributed by atoms with E-state index in [0.717, 1.165) is 17.9 Å². The van der Waals surface area contributed by atoms with Crippen LogP contribution in [0.5, 0.6) is 0 Å². The van der Waals surface area contributed by atoms with Gasteiger partial charge in [0.2, 0.25) is 0 Å². The van der Waals surface area contributed by atoms with Crippen molar-refractivity contribution in [2.45, 2.75) is 32.9 Å². The predicted molar refractivity (Wildman–Crippen MR) is 51.3 cm³/mol. The Morgan fingerprint density at radius 3 is 2.92 bits per heavy atom. The van der Waals surface area contributed by atoms with Gasteiger partial charge in [0.15, 0.2) is 0 Å². The molecule has 3 N–H and O–H groups in total. The second-order valence-corrected chi connectivity index (χ2v) is 3.12. The molecular weight excluding hydrogens is 166 g/mol. The van der Waals surface area contributed by atoms with Crippen molar-refractivity contribution in [3.63, 3.8) is 0 Å². The highest BCUT2D eigenvalue weighted by Gasteiger charge is 2.12. The van der Waals surface area contributed by atoms with Crippen LogP contribution in [0.2, 0.25) is 0 Å². The molecule has 0 bridgehead atoms. The van der Waals surface area contributed by atoms with Crippen molar-refractivity contribution in [1.82, 2.24) is 9.78 Å². The summed E-state index contributed by atoms with van der Waals surface area (Å²) in [4.78, 5) is 0. The number of nitrogens with two attached hydrogens (primary N) is 1. The SMILES string of the molecule is CCn1nc(C)cc1[C@H](O)CCN. The molecule has 0 spiro atoms. The highest BCUT2D eigenvalue weighted by atomic mass is 16.3. The Labute approximate surface area is 78.4 Å². The van der Waals surface area contributed by atoms with Gasteiger partial charge in [0.25, 0.3) is 0 Å². The van der Waals surface area contributed by atoms with E-state index < -0.39 is 6.10 Å². The van der Waals surface area contributed by atoms with Crippen molar-refractivity contribution in [3.05, 3.63) is 17.5 Å². The highest BCUT2D eigenvalue weighted by Crippen LogP contribution is 2.16. The van der Waals surface area contributed by atoms with Crippen molar-refractivity contribution < 1.29 is 5.11 Å². The van der Waals surface area contributed by atoms with Gasteiger partial charge >= 0.3 is 0 Å². The van der Waals surface area contributed by atoms with Crippen molar-refractivity contribution in [1.29, 1.82) is 0 Å². The van der Waals surface area contributed by atoms with Gasteiger partial charge in [0.05, 0.1) is 17.5 Å². The quantitative estimate of drug-likeness (QED) is 0.718. The first kappa shape index (κ1) is 10.2. The normalized spacial score (nSPS) is 13.2. The van der Waals surface area contributed by atoms with Gasteiger partial charge in [-0.2, -0.15) is 5.10 Å². The van der Waals surface area contributed by atoms with E-state index in [9.17, 15) is 5.11 Å². The van der Waals surface area contributed by atoms with Crippen molar-refractivity contribution in [2.24, 2.45) is 5.73 Å². The van der Waals surface area contributed by atoms with E-state index in [1.165, 1.54) is 0 Å². The Hall–Kier alpha value is -0.870. The van der Waals surface area contributed by atoms with Gasteiger partial charge < -0.3 is 10.8 Å². The molecule has 1 rings (SSSR count). The molecule has 0 amide bonds. The summed E-state index contributed by atoms with van der Waals surface area (Å²) in [6.45, 7) is 5.20. The predicted octanol–water partition coefficient (Wildman–Crippen LogP) is 0.594. The summed E-state index contributed by atoms with van der Waals surface area (Å²) >= 11 is 0. The molecule has 1 heterocycles. The number of hydrogen-bond donors (Lipinski definition) is 2. The van der Waals surface area contributed by atoms with Crippen LogP contribution in [0.1, 0.15) is 30.8 Å². The lowest BCUT2D eigenvalue weighted by Crippen LogP contribution is -2.11. The fraction of sp³-hybridized carbons (Fsp3) is 0.667. The summed E-state index contributed by atoms with van der Waals surface area (Å²) in [6.07, 6.45) is 0.108. The molecule has 4 nitrogen and oxygen atoms in total. The second kappa shape index (κ2) is 4.39. The van der Waals surface area contributed by atoms with Gasteiger partial charge in [0.1, 0.15) is 0 Å². The van der Waals surface area contributed by atoms with Crippen molar-refractivity contribution >= 4 is 0 Å². The third kappa shape index (κ3) is 2.29. The number of hydrogen-bond acceptors (Lipinski definition) is 3. The molecule has 0 aliphatic carbocycles. The summed E-state index contributed by atoms with van der Waals surface area (Å²) in [5.41, 5.74) is 7.18. The molecule has 0 saturated heterocycles. The number of aliphatic hydroxyl groups is 1. The standard InChI is InChI=1S/C9H17N3O/c1-3-12-8(6-7(2)11-12)9(13)4-5-10/h6,9,13H,3-5,10H2,1-2H3/t9-/m1/s1. The van der Waals surface area contributed by atoms with Crippen molar-refractivity contribution in [2.75, 3.05) is 6.54 Å². The van der Waals surface area contributed by atoms with Gasteiger partial charge in [-0.15, -0.1) is 0 Å². The van der Waals surface area contributed by atoms with Crippen LogP contribution in [-0.2, 0) is 6.54 Å². The molecular formula is C9H17N3O. The average Bonchev–Trinajstić information content (AvgIpc) is 2.47. The first-order valence-electron chi connectivity index (χ1n) is 4.61. The van der Waals surface area contributed by atoms with E-state index in [0.29, 0.717) is 13.0 Å². The molecule has 13 heavy (non-hydrogen) atoms. The van der Waals surface area contributed by atoms with Crippen molar-refractivity contribution in [3.8, 4) is 0 Å². The molecule has 0 aliphatic heterocycles. The molecule has 1 aromatic rings. The number of aryl methyl sites for hydroxylation is 2. The average molecular weight is 183 g/mol. The largest absolute Gasteiger partial charge is 0.387 e. The van der Waals surface area contributed by atoms with Gasteiger partial charge in [-0.05, 0) is 32.9 Å². The molecule has 4 heteroatoms. The van der Waals surface area contributed by atoms with Gasteiger partial charge in [-0.1, -0.05) is 0 Å². The zero-order chi connectivity index (χ0) is 9.84. The summed E-state index contributed by atoms with van der Waals surface area (Å²) in [6, 6.07) is 1.91. The van der Waals surface area contributed by atoms with E-state index >= 15 is 0 Å². The third-order valence-electron chi connectivity index (χ3n) is 2.01. The zero-order valence-corrected chi connectivity index (χ0v) is 8.20. The zero-order valence-electron chi connectivity index (χ0n) is 8.20. The molecule has 0 unspecified atom stereocenters. The lowest BCUT2D eigenvalue weighted by atomic mass is 10.2. The number of nitrogens with zero attached hydrogens (tertiary/aromatic N) is 2. The Bertz CT molecular complexity index is 270. The summed E-state index contributed by atoms with van der Waals surface area (Å²) in [5.74, 6) is 0. The monoisotopic (exact) mass is 183 g/mol. The van der Waals surface area contributed by atoms with Crippen LogP contribution in [0.25, 0.3) is 0 Å². The van der Waals surface area contributed by atoms with Crippen LogP contribution in [0.15, 0.2) is 6.07 Å². The molecule has 0 aliphatic rings. The molecule has 0 fully saturated rings. The van der Waals surface area contributed by atoms with E-state index in [2.05, 4.69) is 5.10 Å². The van der Waals surface area contributed by atoms with Crippen LogP contribution in [0.4, 0.5) is 0 Å². The van der Waals surface area contributed by atoms with Crippen LogP contribution < -0.4 is 5.73 Å². The Morgan fingerprint density at radius 1 is 1.69 bits per heavy atom. The smallest absolute Gasteiger partial charge is 0.0968 e. The fourth-order valence-electron chi connectivity index (χ4n) is 1.39. The van der Waals surface area contributed by atoms with Crippen LogP contribution in [0, 0.1) is 6.92 Å². The van der Waals surface area contributed by atoms with Crippen LogP contribution >= 0.6 is 0 Å². The summed E-state index contributed by atoms with van der Waals surface area (Å²) in [5, 5.41) is 14.0. The first-order valence-corrected chi connectivity index (χ1v) is 4.61. The van der Waals surface area contributed by atoms with Gasteiger partial charge in [0, 0.05) is 6.54 Å². The molecule has 74 valence electrons. The number of aromatic nitrogens is 2. The molecule has 1 aromatic heterocycles. The molecule has 0 radical (unpaired) electrons. The highest BCUT2D eigenvalue weighted by molar-refractivity contribution is 5.11. The van der Waals surface area contributed by atoms with E-state index in [4.69, 9.17) is 5.73 Å². The second-order valence-electron chi connectivity index (χ2n) is 3.12. The van der Waals surface area contributed by atoms with E-state index in [1.807, 2.05) is 24.6 Å². The molecule has 0 aromatic carbocycles. The topological polar surface area (TPSA) is 64.1 Å². The number of rotatable bonds is 4. The van der Waals surface area contributed by atoms with Gasteiger partial charge in [-0.25, -0.2) is 0 Å². The lowest BCUT2D eigenvalue weighted by Gasteiger charge is -2.10. The van der Waals surface area contributed by atoms with Crippen LogP contribution in [0.3, 0.4) is 0 Å². The Balaban J connectivity index is 2.84. The summed E-state index contributed by atoms with van der Waals surface area (Å²) in [7, 11) is 0. The minimum absolute atomic E-state index is 0.480. The van der Waals surface area contributed by atoms with Crippen LogP contribution in [-0.4, -0.2) is 21.4 Å². The summed E-state index contributed by atoms with van der Waals surface area (Å²) < 4.78 is 1.82. The minimum Gasteiger partial charge on any atom is -0.387 e. The Morgan fingerprint density at radius 2 is 2.38 bits per heavy atom. The molecule has 0 saturated carbocycles. The third-order valence-corrected chi connectivity index (χ3v) is 2.01. The maximum Gasteiger partial charge on any atom is 0.0968 e. The van der Waals surface area contributed by atoms with E-state index in [1.54, 1.807) is 0 Å². The number of aliphatic hydroxyl groups excluding tert-OH is 1. The molecule has 1 atom stereocenters. The minimum atomic E-state index is -0.480. The fourth-order valence-corrected chi connectivity index (χ4v) is 1.39. The Kier molecular flexibility index (Phi) is 3.45. The van der Waals surface area contributed by atoms with E-state index in [-0.39, 0.29) is 0 Å². The lowest BCUT2D eigenvalue weighted by molar-refractivity contribution is 0.159. The van der Waals surface area contributed by atoms with Gasteiger partial charge in [-0.3, -0.25) is 4.68 Å². The maximum absolute atomic E-state index is 9.70. The first-order chi connectivity index (χ1) is 6.19. The maximum atomic E-state index is 9.70.